The third kappa shape index (κ3) is 4.68. The van der Waals surface area contributed by atoms with Gasteiger partial charge in [-0.25, -0.2) is 4.39 Å². The van der Waals surface area contributed by atoms with Gasteiger partial charge >= 0.3 is 0 Å². The molecule has 0 saturated carbocycles. The van der Waals surface area contributed by atoms with Crippen LogP contribution in [0.5, 0.6) is 11.5 Å². The summed E-state index contributed by atoms with van der Waals surface area (Å²) in [4.78, 5) is 0. The van der Waals surface area contributed by atoms with Crippen LogP contribution in [-0.4, -0.2) is 13.7 Å². The maximum absolute atomic E-state index is 13.2. The lowest BCUT2D eigenvalue weighted by molar-refractivity contribution is 0.299. The van der Waals surface area contributed by atoms with Gasteiger partial charge in [-0.2, -0.15) is 0 Å². The molecule has 15 heavy (non-hydrogen) atoms. The van der Waals surface area contributed by atoms with Crippen LogP contribution in [0.2, 0.25) is 0 Å². The molecule has 1 aromatic rings. The van der Waals surface area contributed by atoms with E-state index in [1.54, 1.807) is 12.1 Å². The Hall–Kier alpha value is -1.25. The quantitative estimate of drug-likeness (QED) is 0.761. The van der Waals surface area contributed by atoms with Crippen LogP contribution in [0.15, 0.2) is 18.2 Å². The molecule has 0 aliphatic heterocycles. The van der Waals surface area contributed by atoms with Gasteiger partial charge in [0.15, 0.2) is 11.6 Å². The third-order valence-electron chi connectivity index (χ3n) is 1.60. The maximum Gasteiger partial charge on any atom is 0.168 e. The Morgan fingerprint density at radius 3 is 2.40 bits per heavy atom. The highest BCUT2D eigenvalue weighted by atomic mass is 19.1. The fraction of sp³-hybridized carbons (Fsp3) is 0.500. The van der Waals surface area contributed by atoms with E-state index in [0.29, 0.717) is 12.4 Å². The van der Waals surface area contributed by atoms with Gasteiger partial charge < -0.3 is 9.47 Å². The Morgan fingerprint density at radius 2 is 1.93 bits per heavy atom. The predicted molar refractivity (Wildman–Crippen MR) is 60.1 cm³/mol. The van der Waals surface area contributed by atoms with Crippen LogP contribution < -0.4 is 9.47 Å². The second kappa shape index (κ2) is 8.09. The number of halogens is 1. The summed E-state index contributed by atoms with van der Waals surface area (Å²) in [6, 6.07) is 4.56. The van der Waals surface area contributed by atoms with Crippen molar-refractivity contribution >= 4 is 0 Å². The Balaban J connectivity index is 0.000000921. The Labute approximate surface area is 91.0 Å². The largest absolute Gasteiger partial charge is 0.497 e. The average molecular weight is 214 g/mol. The minimum atomic E-state index is -0.382. The Morgan fingerprint density at radius 1 is 1.27 bits per heavy atom. The molecule has 0 N–H and O–H groups in total. The average Bonchev–Trinajstić information content (AvgIpc) is 2.30. The van der Waals surface area contributed by atoms with Crippen molar-refractivity contribution in [1.29, 1.82) is 0 Å². The zero-order chi connectivity index (χ0) is 11.7. The van der Waals surface area contributed by atoms with Crippen molar-refractivity contribution in [2.45, 2.75) is 27.2 Å². The molecular weight excluding hydrogens is 195 g/mol. The second-order valence-corrected chi connectivity index (χ2v) is 2.64. The van der Waals surface area contributed by atoms with Crippen LogP contribution in [0.25, 0.3) is 0 Å². The van der Waals surface area contributed by atoms with Crippen molar-refractivity contribution in [3.05, 3.63) is 24.0 Å². The van der Waals surface area contributed by atoms with Gasteiger partial charge in [-0.1, -0.05) is 20.8 Å². The summed E-state index contributed by atoms with van der Waals surface area (Å²) in [5, 5.41) is 0. The lowest BCUT2D eigenvalue weighted by atomic mass is 10.3. The summed E-state index contributed by atoms with van der Waals surface area (Å²) in [7, 11) is 1.50. The zero-order valence-electron chi connectivity index (χ0n) is 9.84. The summed E-state index contributed by atoms with van der Waals surface area (Å²) in [6.45, 7) is 6.50. The molecule has 1 aromatic carbocycles. The van der Waals surface area contributed by atoms with E-state index in [4.69, 9.17) is 9.47 Å². The van der Waals surface area contributed by atoms with E-state index in [2.05, 4.69) is 0 Å². The molecule has 0 heterocycles. The van der Waals surface area contributed by atoms with Gasteiger partial charge in [0.1, 0.15) is 5.75 Å². The van der Waals surface area contributed by atoms with E-state index >= 15 is 0 Å². The smallest absolute Gasteiger partial charge is 0.168 e. The molecular formula is C12H19FO2. The lowest BCUT2D eigenvalue weighted by Crippen LogP contribution is -1.97. The number of benzene rings is 1. The van der Waals surface area contributed by atoms with Crippen LogP contribution in [-0.2, 0) is 0 Å². The first kappa shape index (κ1) is 13.8. The van der Waals surface area contributed by atoms with E-state index in [-0.39, 0.29) is 11.6 Å². The molecule has 0 aliphatic carbocycles. The zero-order valence-corrected chi connectivity index (χ0v) is 9.84. The molecule has 2 nitrogen and oxygen atoms in total. The fourth-order valence-electron chi connectivity index (χ4n) is 0.938. The van der Waals surface area contributed by atoms with Gasteiger partial charge in [-0.05, 0) is 18.6 Å². The molecule has 0 bridgehead atoms. The van der Waals surface area contributed by atoms with Crippen molar-refractivity contribution in [3.8, 4) is 11.5 Å². The molecule has 3 heteroatoms. The summed E-state index contributed by atoms with van der Waals surface area (Å²) in [6.07, 6.45) is 0.867. The summed E-state index contributed by atoms with van der Waals surface area (Å²) in [5.41, 5.74) is 0. The Bertz CT molecular complexity index is 274. The van der Waals surface area contributed by atoms with E-state index in [0.717, 1.165) is 6.42 Å². The number of hydrogen-bond donors (Lipinski definition) is 0. The van der Waals surface area contributed by atoms with Crippen molar-refractivity contribution in [2.75, 3.05) is 13.7 Å². The molecule has 0 amide bonds. The topological polar surface area (TPSA) is 18.5 Å². The molecule has 0 fully saturated rings. The van der Waals surface area contributed by atoms with Crippen LogP contribution >= 0.6 is 0 Å². The minimum absolute atomic E-state index is 0.280. The molecule has 0 unspecified atom stereocenters. The van der Waals surface area contributed by atoms with Crippen molar-refractivity contribution in [2.24, 2.45) is 0 Å². The SMILES string of the molecule is CC.CCCOc1ccc(OC)cc1F. The second-order valence-electron chi connectivity index (χ2n) is 2.64. The normalized spacial score (nSPS) is 8.87. The maximum atomic E-state index is 13.2. The van der Waals surface area contributed by atoms with Gasteiger partial charge in [-0.3, -0.25) is 0 Å². The minimum Gasteiger partial charge on any atom is -0.497 e. The fourth-order valence-corrected chi connectivity index (χ4v) is 0.938. The van der Waals surface area contributed by atoms with Crippen molar-refractivity contribution in [3.63, 3.8) is 0 Å². The summed E-state index contributed by atoms with van der Waals surface area (Å²) in [5.74, 6) is 0.400. The first-order valence-corrected chi connectivity index (χ1v) is 5.24. The van der Waals surface area contributed by atoms with Crippen LogP contribution in [0.4, 0.5) is 4.39 Å². The van der Waals surface area contributed by atoms with Crippen LogP contribution in [0.1, 0.15) is 27.2 Å². The third-order valence-corrected chi connectivity index (χ3v) is 1.60. The van der Waals surface area contributed by atoms with E-state index < -0.39 is 0 Å². The molecule has 86 valence electrons. The summed E-state index contributed by atoms with van der Waals surface area (Å²) >= 11 is 0. The van der Waals surface area contributed by atoms with Gasteiger partial charge in [0, 0.05) is 6.07 Å². The first-order valence-electron chi connectivity index (χ1n) is 5.24. The molecule has 0 radical (unpaired) electrons. The molecule has 0 aliphatic rings. The summed E-state index contributed by atoms with van der Waals surface area (Å²) < 4.78 is 23.2. The standard InChI is InChI=1S/C10H13FO2.C2H6/c1-3-6-13-10-5-4-8(12-2)7-9(10)11;1-2/h4-5,7H,3,6H2,1-2H3;1-2H3. The van der Waals surface area contributed by atoms with Gasteiger partial charge in [0.25, 0.3) is 0 Å². The van der Waals surface area contributed by atoms with E-state index in [9.17, 15) is 4.39 Å². The Kier molecular flexibility index (Phi) is 7.42. The van der Waals surface area contributed by atoms with Gasteiger partial charge in [0.05, 0.1) is 13.7 Å². The number of hydrogen-bond acceptors (Lipinski definition) is 2. The first-order chi connectivity index (χ1) is 7.27. The van der Waals surface area contributed by atoms with Crippen molar-refractivity contribution < 1.29 is 13.9 Å². The number of methoxy groups -OCH3 is 1. The monoisotopic (exact) mass is 214 g/mol. The number of rotatable bonds is 4. The number of ether oxygens (including phenoxy) is 2. The van der Waals surface area contributed by atoms with Gasteiger partial charge in [0.2, 0.25) is 0 Å². The van der Waals surface area contributed by atoms with Crippen LogP contribution in [0, 0.1) is 5.82 Å². The van der Waals surface area contributed by atoms with Gasteiger partial charge in [-0.15, -0.1) is 0 Å². The predicted octanol–water partition coefficient (Wildman–Crippen LogP) is 3.65. The molecule has 0 aromatic heterocycles. The highest BCUT2D eigenvalue weighted by molar-refractivity contribution is 5.32. The lowest BCUT2D eigenvalue weighted by Gasteiger charge is -2.06. The molecule has 0 saturated heterocycles. The van der Waals surface area contributed by atoms with E-state index in [1.807, 2.05) is 20.8 Å². The van der Waals surface area contributed by atoms with Crippen LogP contribution in [0.3, 0.4) is 0 Å². The van der Waals surface area contributed by atoms with E-state index in [1.165, 1.54) is 13.2 Å². The highest BCUT2D eigenvalue weighted by Gasteiger charge is 2.03. The molecule has 0 spiro atoms. The molecule has 1 rings (SSSR count). The molecule has 0 atom stereocenters. The highest BCUT2D eigenvalue weighted by Crippen LogP contribution is 2.22. The van der Waals surface area contributed by atoms with Crippen molar-refractivity contribution in [1.82, 2.24) is 0 Å².